The number of ether oxygens (including phenoxy) is 3. The largest absolute Gasteiger partial charge is 0.481 e. The summed E-state index contributed by atoms with van der Waals surface area (Å²) in [7, 11) is 1.56. The highest BCUT2D eigenvalue weighted by Crippen LogP contribution is 2.16. The molecule has 3 rings (SSSR count). The molecule has 1 fully saturated rings. The number of pyridine rings is 2. The number of aromatic nitrogens is 2. The fourth-order valence-electron chi connectivity index (χ4n) is 2.51. The van der Waals surface area contributed by atoms with Gasteiger partial charge in [0.05, 0.1) is 25.9 Å². The maximum atomic E-state index is 12.2. The van der Waals surface area contributed by atoms with Crippen LogP contribution in [0.1, 0.15) is 28.8 Å². The molecule has 1 aliphatic rings. The number of rotatable bonds is 6. The van der Waals surface area contributed by atoms with Gasteiger partial charge in [-0.25, -0.2) is 9.97 Å². The molecule has 132 valence electrons. The molecule has 0 aliphatic carbocycles. The number of hydrogen-bond donors (Lipinski definition) is 1. The third-order valence-corrected chi connectivity index (χ3v) is 3.92. The normalized spacial score (nSPS) is 14.8. The fraction of sp³-hybridized carbons (Fsp3) is 0.389. The summed E-state index contributed by atoms with van der Waals surface area (Å²) in [6, 6.07) is 7.04. The fourth-order valence-corrected chi connectivity index (χ4v) is 2.51. The van der Waals surface area contributed by atoms with Crippen molar-refractivity contribution in [3.8, 4) is 11.8 Å². The molecule has 1 amide bonds. The zero-order chi connectivity index (χ0) is 17.5. The second-order valence-corrected chi connectivity index (χ2v) is 5.70. The van der Waals surface area contributed by atoms with Crippen molar-refractivity contribution < 1.29 is 19.0 Å². The summed E-state index contributed by atoms with van der Waals surface area (Å²) in [6.45, 7) is 1.81. The minimum Gasteiger partial charge on any atom is -0.481 e. The van der Waals surface area contributed by atoms with E-state index in [1.54, 1.807) is 31.5 Å². The van der Waals surface area contributed by atoms with E-state index in [1.165, 1.54) is 6.20 Å². The van der Waals surface area contributed by atoms with Crippen LogP contribution in [0.15, 0.2) is 36.7 Å². The Hall–Kier alpha value is -2.67. The molecule has 0 bridgehead atoms. The molecular formula is C18H21N3O4. The lowest BCUT2D eigenvalue weighted by Crippen LogP contribution is -2.26. The first kappa shape index (κ1) is 17.2. The maximum Gasteiger partial charge on any atom is 0.253 e. The van der Waals surface area contributed by atoms with E-state index >= 15 is 0 Å². The number of carbonyl (C=O) groups is 1. The summed E-state index contributed by atoms with van der Waals surface area (Å²) < 4.78 is 16.2. The highest BCUT2D eigenvalue weighted by Gasteiger charge is 2.16. The Morgan fingerprint density at radius 1 is 1.24 bits per heavy atom. The zero-order valence-corrected chi connectivity index (χ0v) is 14.1. The second kappa shape index (κ2) is 8.43. The quantitative estimate of drug-likeness (QED) is 0.863. The monoisotopic (exact) mass is 343 g/mol. The van der Waals surface area contributed by atoms with E-state index in [0.29, 0.717) is 37.1 Å². The molecule has 1 saturated heterocycles. The third kappa shape index (κ3) is 4.90. The van der Waals surface area contributed by atoms with Gasteiger partial charge in [-0.2, -0.15) is 0 Å². The lowest BCUT2D eigenvalue weighted by Gasteiger charge is -2.22. The van der Waals surface area contributed by atoms with Gasteiger partial charge in [0.25, 0.3) is 5.91 Å². The van der Waals surface area contributed by atoms with Crippen molar-refractivity contribution in [1.82, 2.24) is 15.3 Å². The minimum atomic E-state index is -0.194. The summed E-state index contributed by atoms with van der Waals surface area (Å²) in [5, 5.41) is 2.85. The molecule has 0 unspecified atom stereocenters. The SMILES string of the molecule is COc1cc(CNC(=O)c2ccc(OC3CCOCC3)nc2)ccn1. The van der Waals surface area contributed by atoms with Gasteiger partial charge < -0.3 is 19.5 Å². The Morgan fingerprint density at radius 2 is 2.08 bits per heavy atom. The Kier molecular flexibility index (Phi) is 5.79. The van der Waals surface area contributed by atoms with Gasteiger partial charge in [0.15, 0.2) is 0 Å². The van der Waals surface area contributed by atoms with Crippen molar-refractivity contribution in [3.63, 3.8) is 0 Å². The first-order chi connectivity index (χ1) is 12.2. The van der Waals surface area contributed by atoms with Crippen molar-refractivity contribution in [3.05, 3.63) is 47.8 Å². The van der Waals surface area contributed by atoms with Gasteiger partial charge in [0.2, 0.25) is 11.8 Å². The number of nitrogens with one attached hydrogen (secondary N) is 1. The molecule has 0 aromatic carbocycles. The topological polar surface area (TPSA) is 82.6 Å². The predicted molar refractivity (Wildman–Crippen MR) is 90.7 cm³/mol. The van der Waals surface area contributed by atoms with Crippen LogP contribution in [0.2, 0.25) is 0 Å². The highest BCUT2D eigenvalue weighted by molar-refractivity contribution is 5.93. The number of carbonyl (C=O) groups excluding carboxylic acids is 1. The number of nitrogens with zero attached hydrogens (tertiary/aromatic N) is 2. The number of methoxy groups -OCH3 is 1. The zero-order valence-electron chi connectivity index (χ0n) is 14.1. The first-order valence-electron chi connectivity index (χ1n) is 8.22. The van der Waals surface area contributed by atoms with E-state index in [0.717, 1.165) is 18.4 Å². The lowest BCUT2D eigenvalue weighted by atomic mass is 10.1. The van der Waals surface area contributed by atoms with Crippen LogP contribution in [-0.2, 0) is 11.3 Å². The van der Waals surface area contributed by atoms with Gasteiger partial charge in [-0.1, -0.05) is 0 Å². The van der Waals surface area contributed by atoms with Crippen LogP contribution in [0.5, 0.6) is 11.8 Å². The van der Waals surface area contributed by atoms with Crippen LogP contribution in [0.4, 0.5) is 0 Å². The van der Waals surface area contributed by atoms with E-state index in [1.807, 2.05) is 6.07 Å². The molecule has 0 atom stereocenters. The van der Waals surface area contributed by atoms with Gasteiger partial charge >= 0.3 is 0 Å². The smallest absolute Gasteiger partial charge is 0.253 e. The summed E-state index contributed by atoms with van der Waals surface area (Å²) >= 11 is 0. The van der Waals surface area contributed by atoms with E-state index < -0.39 is 0 Å². The average molecular weight is 343 g/mol. The Balaban J connectivity index is 1.53. The van der Waals surface area contributed by atoms with Gasteiger partial charge in [-0.3, -0.25) is 4.79 Å². The standard InChI is InChI=1S/C18H21N3O4/c1-23-17-10-13(4-7-19-17)11-21-18(22)14-2-3-16(20-12-14)25-15-5-8-24-9-6-15/h2-4,7,10,12,15H,5-6,8-9,11H2,1H3,(H,21,22). The van der Waals surface area contributed by atoms with Crippen LogP contribution in [0, 0.1) is 0 Å². The van der Waals surface area contributed by atoms with E-state index in [2.05, 4.69) is 15.3 Å². The van der Waals surface area contributed by atoms with Gasteiger partial charge in [-0.05, 0) is 17.7 Å². The van der Waals surface area contributed by atoms with Gasteiger partial charge in [0.1, 0.15) is 6.10 Å². The summed E-state index contributed by atoms with van der Waals surface area (Å²) in [5.41, 5.74) is 1.40. The molecule has 0 radical (unpaired) electrons. The number of hydrogen-bond acceptors (Lipinski definition) is 6. The lowest BCUT2D eigenvalue weighted by molar-refractivity contribution is 0.0237. The summed E-state index contributed by atoms with van der Waals surface area (Å²) in [4.78, 5) is 20.5. The molecule has 0 spiro atoms. The molecule has 2 aromatic rings. The molecule has 1 aliphatic heterocycles. The van der Waals surface area contributed by atoms with Crippen molar-refractivity contribution in [2.75, 3.05) is 20.3 Å². The first-order valence-corrected chi connectivity index (χ1v) is 8.22. The van der Waals surface area contributed by atoms with Crippen LogP contribution >= 0.6 is 0 Å². The molecule has 7 heteroatoms. The molecule has 2 aromatic heterocycles. The number of amides is 1. The van der Waals surface area contributed by atoms with Gasteiger partial charge in [-0.15, -0.1) is 0 Å². The van der Waals surface area contributed by atoms with Crippen molar-refractivity contribution in [2.24, 2.45) is 0 Å². The van der Waals surface area contributed by atoms with Crippen molar-refractivity contribution >= 4 is 5.91 Å². The predicted octanol–water partition coefficient (Wildman–Crippen LogP) is 1.97. The maximum absolute atomic E-state index is 12.2. The third-order valence-electron chi connectivity index (χ3n) is 3.92. The van der Waals surface area contributed by atoms with Gasteiger partial charge in [0, 0.05) is 43.9 Å². The van der Waals surface area contributed by atoms with E-state index in [4.69, 9.17) is 14.2 Å². The Bertz CT molecular complexity index is 700. The molecule has 0 saturated carbocycles. The Labute approximate surface area is 146 Å². The summed E-state index contributed by atoms with van der Waals surface area (Å²) in [5.74, 6) is 0.853. The second-order valence-electron chi connectivity index (χ2n) is 5.70. The molecule has 25 heavy (non-hydrogen) atoms. The van der Waals surface area contributed by atoms with Crippen LogP contribution in [-0.4, -0.2) is 42.3 Å². The highest BCUT2D eigenvalue weighted by atomic mass is 16.5. The van der Waals surface area contributed by atoms with Crippen molar-refractivity contribution in [2.45, 2.75) is 25.5 Å². The molecule has 7 nitrogen and oxygen atoms in total. The summed E-state index contributed by atoms with van der Waals surface area (Å²) in [6.07, 6.45) is 5.02. The van der Waals surface area contributed by atoms with Crippen LogP contribution in [0.3, 0.4) is 0 Å². The minimum absolute atomic E-state index is 0.127. The van der Waals surface area contributed by atoms with Crippen molar-refractivity contribution in [1.29, 1.82) is 0 Å². The molecular weight excluding hydrogens is 322 g/mol. The Morgan fingerprint density at radius 3 is 2.80 bits per heavy atom. The molecule has 1 N–H and O–H groups in total. The van der Waals surface area contributed by atoms with Crippen LogP contribution < -0.4 is 14.8 Å². The van der Waals surface area contributed by atoms with E-state index in [-0.39, 0.29) is 12.0 Å². The van der Waals surface area contributed by atoms with E-state index in [9.17, 15) is 4.79 Å². The van der Waals surface area contributed by atoms with Crippen LogP contribution in [0.25, 0.3) is 0 Å². The molecule has 3 heterocycles. The average Bonchev–Trinajstić information content (AvgIpc) is 2.67.